The number of hydrogen-bond donors (Lipinski definition) is 2. The Bertz CT molecular complexity index is 689. The highest BCUT2D eigenvalue weighted by Crippen LogP contribution is 2.44. The Kier molecular flexibility index (Phi) is 6.46. The summed E-state index contributed by atoms with van der Waals surface area (Å²) >= 11 is 1.74. The van der Waals surface area contributed by atoms with Gasteiger partial charge in [0.25, 0.3) is 0 Å². The summed E-state index contributed by atoms with van der Waals surface area (Å²) in [4.78, 5) is 0. The van der Waals surface area contributed by atoms with E-state index in [2.05, 4.69) is 77.9 Å². The van der Waals surface area contributed by atoms with E-state index >= 15 is 0 Å². The van der Waals surface area contributed by atoms with Crippen LogP contribution in [0.15, 0.2) is 42.5 Å². The molecule has 0 heterocycles. The molecule has 0 saturated heterocycles. The maximum atomic E-state index is 11.0. The fourth-order valence-electron chi connectivity index (χ4n) is 3.13. The zero-order valence-corrected chi connectivity index (χ0v) is 17.7. The normalized spacial score (nSPS) is 13.7. The maximum absolute atomic E-state index is 11.0. The molecule has 142 valence electrons. The second-order valence-corrected chi connectivity index (χ2v) is 10.1. The third kappa shape index (κ3) is 4.83. The molecule has 2 aromatic carbocycles. The van der Waals surface area contributed by atoms with E-state index in [1.54, 1.807) is 11.8 Å². The first kappa shape index (κ1) is 20.9. The van der Waals surface area contributed by atoms with Gasteiger partial charge >= 0.3 is 0 Å². The summed E-state index contributed by atoms with van der Waals surface area (Å²) in [5.41, 5.74) is 4.06. The first-order chi connectivity index (χ1) is 12.1. The zero-order chi connectivity index (χ0) is 19.5. The van der Waals surface area contributed by atoms with Crippen molar-refractivity contribution >= 4 is 11.8 Å². The van der Waals surface area contributed by atoms with E-state index in [0.717, 1.165) is 11.1 Å². The number of phenols is 1. The van der Waals surface area contributed by atoms with Crippen LogP contribution in [0.4, 0.5) is 0 Å². The summed E-state index contributed by atoms with van der Waals surface area (Å²) in [5.74, 6) is 1.09. The van der Waals surface area contributed by atoms with Gasteiger partial charge in [-0.1, -0.05) is 84.0 Å². The van der Waals surface area contributed by atoms with Crippen LogP contribution in [0.2, 0.25) is 0 Å². The van der Waals surface area contributed by atoms with Crippen molar-refractivity contribution < 1.29 is 10.2 Å². The Morgan fingerprint density at radius 3 is 1.77 bits per heavy atom. The van der Waals surface area contributed by atoms with E-state index in [0.29, 0.717) is 11.5 Å². The minimum Gasteiger partial charge on any atom is -0.507 e. The number of rotatable bonds is 5. The third-order valence-corrected chi connectivity index (χ3v) is 5.83. The molecule has 0 aromatic heterocycles. The van der Waals surface area contributed by atoms with Crippen molar-refractivity contribution in [3.05, 3.63) is 64.7 Å². The smallest absolute Gasteiger partial charge is 0.123 e. The van der Waals surface area contributed by atoms with E-state index in [4.69, 9.17) is 0 Å². The molecule has 2 aromatic rings. The van der Waals surface area contributed by atoms with Gasteiger partial charge in [0.05, 0.1) is 11.9 Å². The lowest BCUT2D eigenvalue weighted by molar-refractivity contribution is 0.322. The molecule has 2 nitrogen and oxygen atoms in total. The molecular formula is C23H32O2S. The van der Waals surface area contributed by atoms with Crippen molar-refractivity contribution in [1.29, 1.82) is 0 Å². The minimum atomic E-state index is -0.150. The van der Waals surface area contributed by atoms with Gasteiger partial charge in [-0.2, -0.15) is 0 Å². The minimum absolute atomic E-state index is 0.131. The molecule has 0 aliphatic carbocycles. The van der Waals surface area contributed by atoms with Crippen LogP contribution in [0.3, 0.4) is 0 Å². The van der Waals surface area contributed by atoms with Crippen LogP contribution in [-0.4, -0.2) is 22.6 Å². The molecule has 0 aliphatic rings. The molecule has 0 fully saturated rings. The highest BCUT2D eigenvalue weighted by atomic mass is 32.2. The van der Waals surface area contributed by atoms with E-state index in [1.165, 1.54) is 11.1 Å². The van der Waals surface area contributed by atoms with Crippen molar-refractivity contribution in [3.8, 4) is 5.75 Å². The topological polar surface area (TPSA) is 40.5 Å². The fourth-order valence-corrected chi connectivity index (χ4v) is 4.15. The molecule has 2 N–H and O–H groups in total. The number of benzene rings is 2. The van der Waals surface area contributed by atoms with Gasteiger partial charge in [-0.15, -0.1) is 11.8 Å². The predicted octanol–water partition coefficient (Wildman–Crippen LogP) is 5.80. The second kappa shape index (κ2) is 8.06. The van der Waals surface area contributed by atoms with E-state index in [-0.39, 0.29) is 22.7 Å². The Morgan fingerprint density at radius 1 is 0.846 bits per heavy atom. The Morgan fingerprint density at radius 2 is 1.35 bits per heavy atom. The Labute approximate surface area is 162 Å². The number of thioether (sulfide) groups is 1. The van der Waals surface area contributed by atoms with E-state index in [1.807, 2.05) is 6.07 Å². The largest absolute Gasteiger partial charge is 0.507 e. The van der Waals surface area contributed by atoms with Crippen LogP contribution in [0.1, 0.15) is 69.0 Å². The van der Waals surface area contributed by atoms with Gasteiger partial charge in [0.2, 0.25) is 0 Å². The molecule has 3 heteroatoms. The van der Waals surface area contributed by atoms with Gasteiger partial charge in [0.15, 0.2) is 0 Å². The van der Waals surface area contributed by atoms with Crippen LogP contribution in [0, 0.1) is 0 Å². The van der Waals surface area contributed by atoms with Crippen molar-refractivity contribution in [2.45, 2.75) is 57.6 Å². The van der Waals surface area contributed by atoms with Gasteiger partial charge in [-0.3, -0.25) is 0 Å². The summed E-state index contributed by atoms with van der Waals surface area (Å²) in [6.07, 6.45) is 0. The van der Waals surface area contributed by atoms with Gasteiger partial charge in [-0.25, -0.2) is 0 Å². The molecule has 2 rings (SSSR count). The molecule has 0 bridgehead atoms. The SMILES string of the molecule is CC(C)(C)c1cc(C(SCCO)c2ccccc2)cc(C(C)(C)C)c1O. The molecule has 0 radical (unpaired) electrons. The average molecular weight is 373 g/mol. The summed E-state index contributed by atoms with van der Waals surface area (Å²) < 4.78 is 0. The average Bonchev–Trinajstić information content (AvgIpc) is 2.55. The van der Waals surface area contributed by atoms with Crippen molar-refractivity contribution in [2.24, 2.45) is 0 Å². The first-order valence-electron chi connectivity index (χ1n) is 9.21. The first-order valence-corrected chi connectivity index (χ1v) is 10.3. The monoisotopic (exact) mass is 372 g/mol. The summed E-state index contributed by atoms with van der Waals surface area (Å²) in [6.45, 7) is 13.0. The van der Waals surface area contributed by atoms with Crippen LogP contribution in [-0.2, 0) is 10.8 Å². The predicted molar refractivity (Wildman–Crippen MR) is 113 cm³/mol. The molecular weight excluding hydrogens is 340 g/mol. The molecule has 1 unspecified atom stereocenters. The molecule has 0 amide bonds. The van der Waals surface area contributed by atoms with Crippen molar-refractivity contribution in [2.75, 3.05) is 12.4 Å². The van der Waals surface area contributed by atoms with E-state index in [9.17, 15) is 10.2 Å². The fraction of sp³-hybridized carbons (Fsp3) is 0.478. The maximum Gasteiger partial charge on any atom is 0.123 e. The van der Waals surface area contributed by atoms with Crippen molar-refractivity contribution in [3.63, 3.8) is 0 Å². The molecule has 0 saturated carbocycles. The Hall–Kier alpha value is -1.45. The number of aromatic hydroxyl groups is 1. The standard InChI is InChI=1S/C23H32O2S/c1-22(2,3)18-14-17(15-19(20(18)25)23(4,5)6)21(26-13-12-24)16-10-8-7-9-11-16/h7-11,14-15,21,24-25H,12-13H2,1-6H3. The lowest BCUT2D eigenvalue weighted by Crippen LogP contribution is -2.18. The Balaban J connectivity index is 2.68. The lowest BCUT2D eigenvalue weighted by atomic mass is 9.78. The number of hydrogen-bond acceptors (Lipinski definition) is 3. The van der Waals surface area contributed by atoms with Crippen LogP contribution >= 0.6 is 11.8 Å². The molecule has 26 heavy (non-hydrogen) atoms. The highest BCUT2D eigenvalue weighted by molar-refractivity contribution is 7.99. The lowest BCUT2D eigenvalue weighted by Gasteiger charge is -2.30. The molecule has 0 spiro atoms. The quantitative estimate of drug-likeness (QED) is 0.696. The highest BCUT2D eigenvalue weighted by Gasteiger charge is 2.28. The summed E-state index contributed by atoms with van der Waals surface area (Å²) in [7, 11) is 0. The molecule has 0 aliphatic heterocycles. The van der Waals surface area contributed by atoms with Crippen LogP contribution in [0.5, 0.6) is 5.75 Å². The van der Waals surface area contributed by atoms with Gasteiger partial charge < -0.3 is 10.2 Å². The number of aliphatic hydroxyl groups is 1. The summed E-state index contributed by atoms with van der Waals surface area (Å²) in [6, 6.07) is 14.7. The van der Waals surface area contributed by atoms with Gasteiger partial charge in [0.1, 0.15) is 5.75 Å². The third-order valence-electron chi connectivity index (χ3n) is 4.53. The van der Waals surface area contributed by atoms with Crippen molar-refractivity contribution in [1.82, 2.24) is 0 Å². The van der Waals surface area contributed by atoms with E-state index < -0.39 is 0 Å². The molecule has 1 atom stereocenters. The van der Waals surface area contributed by atoms with Crippen LogP contribution in [0.25, 0.3) is 0 Å². The zero-order valence-electron chi connectivity index (χ0n) is 16.8. The summed E-state index contributed by atoms with van der Waals surface area (Å²) in [5, 5.41) is 20.5. The second-order valence-electron chi connectivity index (χ2n) is 8.85. The van der Waals surface area contributed by atoms with Gasteiger partial charge in [-0.05, 0) is 33.1 Å². The number of phenolic OH excluding ortho intramolecular Hbond substituents is 1. The van der Waals surface area contributed by atoms with Crippen LogP contribution < -0.4 is 0 Å². The number of aliphatic hydroxyl groups excluding tert-OH is 1. The van der Waals surface area contributed by atoms with Gasteiger partial charge in [0, 0.05) is 5.75 Å².